The molecule has 3 heterocycles. The summed E-state index contributed by atoms with van der Waals surface area (Å²) in [6, 6.07) is 8.90. The van der Waals surface area contributed by atoms with Gasteiger partial charge in [0.05, 0.1) is 44.8 Å². The van der Waals surface area contributed by atoms with Gasteiger partial charge in [0.15, 0.2) is 0 Å². The lowest BCUT2D eigenvalue weighted by molar-refractivity contribution is -0.137. The summed E-state index contributed by atoms with van der Waals surface area (Å²) in [6.45, 7) is 5.32. The molecule has 0 saturated carbocycles. The molecule has 1 atom stereocenters. The Morgan fingerprint density at radius 2 is 1.82 bits per heavy atom. The van der Waals surface area contributed by atoms with Crippen molar-refractivity contribution in [2.24, 2.45) is 0 Å². The zero-order chi connectivity index (χ0) is 32.1. The summed E-state index contributed by atoms with van der Waals surface area (Å²) in [6.07, 6.45) is -4.03. The van der Waals surface area contributed by atoms with Gasteiger partial charge in [0.2, 0.25) is 5.95 Å². The Balaban J connectivity index is 1.65. The van der Waals surface area contributed by atoms with E-state index in [4.69, 9.17) is 28.2 Å². The molecule has 0 saturated heterocycles. The summed E-state index contributed by atoms with van der Waals surface area (Å²) in [5.74, 6) is -0.921. The number of halogens is 5. The number of carbonyl (C=O) groups excluding carboxylic acids is 2. The predicted molar refractivity (Wildman–Crippen MR) is 159 cm³/mol. The van der Waals surface area contributed by atoms with Crippen molar-refractivity contribution < 1.29 is 22.8 Å². The minimum Gasteiger partial charge on any atom is -0.355 e. The number of nitrogens with one attached hydrogen (secondary N) is 1. The van der Waals surface area contributed by atoms with Gasteiger partial charge in [0, 0.05) is 29.9 Å². The van der Waals surface area contributed by atoms with Crippen LogP contribution in [0.1, 0.15) is 62.8 Å². The molecule has 0 fully saturated rings. The molecular weight excluding hydrogens is 620 g/mol. The summed E-state index contributed by atoms with van der Waals surface area (Å²) in [4.78, 5) is 46.1. The molecule has 9 nitrogen and oxygen atoms in total. The third-order valence-corrected chi connectivity index (χ3v) is 8.19. The Hall–Kier alpha value is -4.16. The van der Waals surface area contributed by atoms with Crippen LogP contribution in [0.25, 0.3) is 11.6 Å². The van der Waals surface area contributed by atoms with Gasteiger partial charge >= 0.3 is 6.18 Å². The summed E-state index contributed by atoms with van der Waals surface area (Å²) in [5.41, 5.74) is 0.914. The molecule has 0 radical (unpaired) electrons. The van der Waals surface area contributed by atoms with Gasteiger partial charge in [-0.05, 0) is 69.2 Å². The van der Waals surface area contributed by atoms with E-state index in [-0.39, 0.29) is 35.1 Å². The number of benzene rings is 2. The van der Waals surface area contributed by atoms with Crippen LogP contribution in [0.2, 0.25) is 10.0 Å². The average Bonchev–Trinajstić information content (AvgIpc) is 3.36. The van der Waals surface area contributed by atoms with Crippen LogP contribution < -0.4 is 10.9 Å². The second-order valence-electron chi connectivity index (χ2n) is 10.4. The lowest BCUT2D eigenvalue weighted by Gasteiger charge is -2.34. The normalized spacial score (nSPS) is 14.8. The van der Waals surface area contributed by atoms with Crippen LogP contribution >= 0.6 is 23.2 Å². The van der Waals surface area contributed by atoms with Gasteiger partial charge in [-0.25, -0.2) is 14.2 Å². The summed E-state index contributed by atoms with van der Waals surface area (Å²) in [5, 5.41) is 6.74. The zero-order valence-corrected chi connectivity index (χ0v) is 25.6. The van der Waals surface area contributed by atoms with E-state index < -0.39 is 40.2 Å². The maximum atomic E-state index is 14.2. The number of hydrogen-bond donors (Lipinski definition) is 1. The first kappa shape index (κ1) is 31.3. The molecule has 0 spiro atoms. The molecule has 2 aromatic carbocycles. The molecule has 4 aromatic rings. The van der Waals surface area contributed by atoms with Gasteiger partial charge in [-0.15, -0.1) is 0 Å². The molecule has 2 aromatic heterocycles. The second kappa shape index (κ2) is 11.7. The molecule has 230 valence electrons. The van der Waals surface area contributed by atoms with Gasteiger partial charge in [-0.1, -0.05) is 30.1 Å². The van der Waals surface area contributed by atoms with E-state index in [0.29, 0.717) is 29.1 Å². The van der Waals surface area contributed by atoms with E-state index in [0.717, 1.165) is 17.8 Å². The largest absolute Gasteiger partial charge is 0.417 e. The molecule has 1 N–H and O–H groups in total. The first-order valence-corrected chi connectivity index (χ1v) is 14.4. The highest BCUT2D eigenvalue weighted by molar-refractivity contribution is 6.34. The van der Waals surface area contributed by atoms with Crippen molar-refractivity contribution in [1.29, 1.82) is 0 Å². The smallest absolute Gasteiger partial charge is 0.355 e. The molecule has 0 bridgehead atoms. The number of nitrogens with zero attached hydrogens (tertiary/aromatic N) is 5. The average molecular weight is 647 g/mol. The quantitative estimate of drug-likeness (QED) is 0.306. The number of rotatable bonds is 5. The number of fused-ring (bicyclic) bond motifs is 1. The maximum absolute atomic E-state index is 14.2. The molecule has 14 heteroatoms. The second-order valence-corrected chi connectivity index (χ2v) is 11.3. The monoisotopic (exact) mass is 646 g/mol. The lowest BCUT2D eigenvalue weighted by atomic mass is 9.98. The van der Waals surface area contributed by atoms with Crippen LogP contribution in [0.4, 0.5) is 13.2 Å². The van der Waals surface area contributed by atoms with Crippen molar-refractivity contribution in [1.82, 2.24) is 29.5 Å². The molecule has 1 aliphatic rings. The van der Waals surface area contributed by atoms with Crippen molar-refractivity contribution >= 4 is 35.0 Å². The Morgan fingerprint density at radius 1 is 1.09 bits per heavy atom. The molecular formula is C30H27Cl2F3N6O3. The highest BCUT2D eigenvalue weighted by Gasteiger charge is 2.36. The first-order chi connectivity index (χ1) is 20.7. The van der Waals surface area contributed by atoms with Gasteiger partial charge in [0.25, 0.3) is 17.4 Å². The van der Waals surface area contributed by atoms with Crippen LogP contribution in [0.15, 0.2) is 47.3 Å². The third kappa shape index (κ3) is 5.59. The van der Waals surface area contributed by atoms with Crippen LogP contribution in [0.5, 0.6) is 0 Å². The van der Waals surface area contributed by atoms with Crippen molar-refractivity contribution in [3.05, 3.63) is 102 Å². The summed E-state index contributed by atoms with van der Waals surface area (Å²) >= 11 is 12.2. The number of carbonyl (C=O) groups is 2. The van der Waals surface area contributed by atoms with E-state index in [9.17, 15) is 27.6 Å². The molecule has 5 rings (SSSR count). The third-order valence-electron chi connectivity index (χ3n) is 7.55. The van der Waals surface area contributed by atoms with Crippen LogP contribution in [0, 0.1) is 6.92 Å². The van der Waals surface area contributed by atoms with E-state index in [1.807, 2.05) is 13.0 Å². The zero-order valence-electron chi connectivity index (χ0n) is 24.1. The minimum atomic E-state index is -4.74. The Labute approximate surface area is 260 Å². The fourth-order valence-corrected chi connectivity index (χ4v) is 5.70. The highest BCUT2D eigenvalue weighted by Crippen LogP contribution is 2.36. The van der Waals surface area contributed by atoms with Crippen LogP contribution in [-0.4, -0.2) is 49.1 Å². The Kier molecular flexibility index (Phi) is 8.34. The standard InChI is InChI=1S/C30H27Cl2F3N6O3/c1-5-18-10-16(3)41(38-18)29-37-25-14-39(27(43)17-6-9-23(31)22(12-17)30(33,34)35)15(2)11-21(25)28(44)40(29)19-7-8-20(24(32)13-19)26(42)36-4/h6-10,12-13,15H,5,11,14H2,1-4H3,(H,36,42). The fraction of sp³-hybridized carbons (Fsp3) is 0.300. The van der Waals surface area contributed by atoms with Gasteiger partial charge < -0.3 is 10.2 Å². The van der Waals surface area contributed by atoms with Crippen molar-refractivity contribution in [3.63, 3.8) is 0 Å². The Morgan fingerprint density at radius 3 is 2.43 bits per heavy atom. The number of amides is 2. The summed E-state index contributed by atoms with van der Waals surface area (Å²) < 4.78 is 43.4. The van der Waals surface area contributed by atoms with E-state index in [2.05, 4.69) is 10.4 Å². The van der Waals surface area contributed by atoms with E-state index >= 15 is 0 Å². The molecule has 2 amide bonds. The number of aryl methyl sites for hydroxylation is 2. The SMILES string of the molecule is CCc1cc(C)n(-c2nc3c(c(=O)n2-c2ccc(C(=O)NC)c(Cl)c2)CC(C)N(C(=O)c2ccc(Cl)c(C(F)(F)F)c2)C3)n1. The first-order valence-electron chi connectivity index (χ1n) is 13.7. The molecule has 1 unspecified atom stereocenters. The van der Waals surface area contributed by atoms with Crippen LogP contribution in [-0.2, 0) is 25.6 Å². The number of aromatic nitrogens is 4. The van der Waals surface area contributed by atoms with Gasteiger partial charge in [0.1, 0.15) is 0 Å². The van der Waals surface area contributed by atoms with Crippen molar-refractivity contribution in [3.8, 4) is 11.6 Å². The topological polar surface area (TPSA) is 102 Å². The van der Waals surface area contributed by atoms with Crippen molar-refractivity contribution in [2.75, 3.05) is 7.05 Å². The fourth-order valence-electron chi connectivity index (χ4n) is 5.21. The van der Waals surface area contributed by atoms with Gasteiger partial charge in [-0.3, -0.25) is 14.4 Å². The van der Waals surface area contributed by atoms with E-state index in [1.54, 1.807) is 19.9 Å². The van der Waals surface area contributed by atoms with Gasteiger partial charge in [-0.2, -0.15) is 18.3 Å². The molecule has 1 aliphatic heterocycles. The van der Waals surface area contributed by atoms with Crippen molar-refractivity contribution in [2.45, 2.75) is 52.4 Å². The number of alkyl halides is 3. The molecule has 44 heavy (non-hydrogen) atoms. The number of hydrogen-bond acceptors (Lipinski definition) is 5. The Bertz CT molecular complexity index is 1870. The highest BCUT2D eigenvalue weighted by atomic mass is 35.5. The maximum Gasteiger partial charge on any atom is 0.417 e. The lowest BCUT2D eigenvalue weighted by Crippen LogP contribution is -2.46. The van der Waals surface area contributed by atoms with Crippen LogP contribution in [0.3, 0.4) is 0 Å². The minimum absolute atomic E-state index is 0.0925. The summed E-state index contributed by atoms with van der Waals surface area (Å²) in [7, 11) is 1.48. The predicted octanol–water partition coefficient (Wildman–Crippen LogP) is 5.56. The molecule has 0 aliphatic carbocycles. The van der Waals surface area contributed by atoms with E-state index in [1.165, 1.54) is 39.4 Å².